The van der Waals surface area contributed by atoms with Crippen molar-refractivity contribution in [2.45, 2.75) is 25.8 Å². The Morgan fingerprint density at radius 1 is 1.05 bits per heavy atom. The van der Waals surface area contributed by atoms with E-state index >= 15 is 0 Å². The number of nitrogens with one attached hydrogen (secondary N) is 1. The van der Waals surface area contributed by atoms with Crippen LogP contribution >= 0.6 is 0 Å². The Bertz CT molecular complexity index is 542. The first-order valence-corrected chi connectivity index (χ1v) is 8.03. The fraction of sp³-hybridized carbons (Fsp3) is 0.529. The SMILES string of the molecule is Cc1ccc(C(=O)N2CCN(C(=O)C3CCCN3)CC2)cc1. The maximum absolute atomic E-state index is 12.5. The number of rotatable bonds is 2. The number of nitrogens with zero attached hydrogens (tertiary/aromatic N) is 2. The second-order valence-corrected chi connectivity index (χ2v) is 6.13. The minimum atomic E-state index is -0.0145. The summed E-state index contributed by atoms with van der Waals surface area (Å²) >= 11 is 0. The number of hydrogen-bond donors (Lipinski definition) is 1. The Hall–Kier alpha value is -1.88. The largest absolute Gasteiger partial charge is 0.338 e. The first kappa shape index (κ1) is 15.0. The van der Waals surface area contributed by atoms with Crippen molar-refractivity contribution in [2.75, 3.05) is 32.7 Å². The van der Waals surface area contributed by atoms with Crippen molar-refractivity contribution in [3.8, 4) is 0 Å². The highest BCUT2D eigenvalue weighted by Crippen LogP contribution is 2.13. The molecule has 0 saturated carbocycles. The molecule has 1 unspecified atom stereocenters. The van der Waals surface area contributed by atoms with Crippen molar-refractivity contribution < 1.29 is 9.59 Å². The summed E-state index contributed by atoms with van der Waals surface area (Å²) in [6, 6.07) is 7.65. The van der Waals surface area contributed by atoms with Gasteiger partial charge in [-0.05, 0) is 38.4 Å². The molecule has 2 heterocycles. The molecule has 2 amide bonds. The first-order valence-electron chi connectivity index (χ1n) is 8.03. The second-order valence-electron chi connectivity index (χ2n) is 6.13. The second kappa shape index (κ2) is 6.48. The van der Waals surface area contributed by atoms with Crippen LogP contribution in [0.25, 0.3) is 0 Å². The van der Waals surface area contributed by atoms with Gasteiger partial charge in [-0.2, -0.15) is 0 Å². The van der Waals surface area contributed by atoms with E-state index in [-0.39, 0.29) is 17.9 Å². The van der Waals surface area contributed by atoms with Crippen LogP contribution in [0.15, 0.2) is 24.3 Å². The molecule has 1 atom stereocenters. The summed E-state index contributed by atoms with van der Waals surface area (Å²) in [6.07, 6.45) is 2.00. The number of benzene rings is 1. The molecule has 1 N–H and O–H groups in total. The predicted molar refractivity (Wildman–Crippen MR) is 84.7 cm³/mol. The average molecular weight is 301 g/mol. The first-order chi connectivity index (χ1) is 10.6. The molecule has 2 aliphatic rings. The Balaban J connectivity index is 1.56. The normalized spacial score (nSPS) is 22.0. The highest BCUT2D eigenvalue weighted by Gasteiger charge is 2.30. The van der Waals surface area contributed by atoms with E-state index in [1.54, 1.807) is 0 Å². The fourth-order valence-corrected chi connectivity index (χ4v) is 3.12. The summed E-state index contributed by atoms with van der Waals surface area (Å²) < 4.78 is 0. The molecule has 0 bridgehead atoms. The summed E-state index contributed by atoms with van der Waals surface area (Å²) in [5.41, 5.74) is 1.87. The Kier molecular flexibility index (Phi) is 4.43. The Labute approximate surface area is 131 Å². The zero-order valence-electron chi connectivity index (χ0n) is 13.0. The molecule has 1 aromatic rings. The summed E-state index contributed by atoms with van der Waals surface area (Å²) in [5, 5.41) is 3.25. The van der Waals surface area contributed by atoms with Gasteiger partial charge in [0, 0.05) is 31.7 Å². The minimum absolute atomic E-state index is 0.0145. The van der Waals surface area contributed by atoms with E-state index in [1.165, 1.54) is 0 Å². The molecular weight excluding hydrogens is 278 g/mol. The van der Waals surface area contributed by atoms with Gasteiger partial charge in [-0.15, -0.1) is 0 Å². The van der Waals surface area contributed by atoms with Gasteiger partial charge in [0.2, 0.25) is 5.91 Å². The standard InChI is InChI=1S/C17H23N3O2/c1-13-4-6-14(7-5-13)16(21)19-9-11-20(12-10-19)17(22)15-3-2-8-18-15/h4-7,15,18H,2-3,8-12H2,1H3. The van der Waals surface area contributed by atoms with Gasteiger partial charge in [0.25, 0.3) is 5.91 Å². The molecule has 2 aliphatic heterocycles. The third-order valence-corrected chi connectivity index (χ3v) is 4.54. The van der Waals surface area contributed by atoms with Crippen LogP contribution in [0.4, 0.5) is 0 Å². The fourth-order valence-electron chi connectivity index (χ4n) is 3.12. The Morgan fingerprint density at radius 2 is 1.68 bits per heavy atom. The molecule has 0 radical (unpaired) electrons. The lowest BCUT2D eigenvalue weighted by atomic mass is 10.1. The summed E-state index contributed by atoms with van der Waals surface area (Å²) in [4.78, 5) is 28.5. The average Bonchev–Trinajstić information content (AvgIpc) is 3.09. The topological polar surface area (TPSA) is 52.7 Å². The molecule has 2 fully saturated rings. The van der Waals surface area contributed by atoms with Crippen LogP contribution in [0.3, 0.4) is 0 Å². The van der Waals surface area contributed by atoms with E-state index in [2.05, 4.69) is 5.32 Å². The molecule has 0 aromatic heterocycles. The lowest BCUT2D eigenvalue weighted by molar-refractivity contribution is -0.134. The van der Waals surface area contributed by atoms with Crippen molar-refractivity contribution in [3.05, 3.63) is 35.4 Å². The van der Waals surface area contributed by atoms with Gasteiger partial charge in [0.05, 0.1) is 6.04 Å². The van der Waals surface area contributed by atoms with E-state index in [0.29, 0.717) is 26.2 Å². The van der Waals surface area contributed by atoms with Gasteiger partial charge in [-0.3, -0.25) is 9.59 Å². The van der Waals surface area contributed by atoms with Gasteiger partial charge >= 0.3 is 0 Å². The van der Waals surface area contributed by atoms with E-state index in [4.69, 9.17) is 0 Å². The smallest absolute Gasteiger partial charge is 0.253 e. The monoisotopic (exact) mass is 301 g/mol. The molecule has 22 heavy (non-hydrogen) atoms. The minimum Gasteiger partial charge on any atom is -0.338 e. The lowest BCUT2D eigenvalue weighted by Crippen LogP contribution is -2.54. The molecule has 3 rings (SSSR count). The molecule has 5 nitrogen and oxygen atoms in total. The highest BCUT2D eigenvalue weighted by molar-refractivity contribution is 5.94. The van der Waals surface area contributed by atoms with E-state index in [9.17, 15) is 9.59 Å². The van der Waals surface area contributed by atoms with Crippen LogP contribution in [-0.4, -0.2) is 60.4 Å². The van der Waals surface area contributed by atoms with E-state index in [1.807, 2.05) is 41.0 Å². The zero-order chi connectivity index (χ0) is 15.5. The lowest BCUT2D eigenvalue weighted by Gasteiger charge is -2.36. The summed E-state index contributed by atoms with van der Waals surface area (Å²) in [5.74, 6) is 0.256. The van der Waals surface area contributed by atoms with Crippen LogP contribution < -0.4 is 5.32 Å². The number of hydrogen-bond acceptors (Lipinski definition) is 3. The zero-order valence-corrected chi connectivity index (χ0v) is 13.0. The van der Waals surface area contributed by atoms with Crippen LogP contribution in [0, 0.1) is 6.92 Å². The molecule has 5 heteroatoms. The van der Waals surface area contributed by atoms with Gasteiger partial charge < -0.3 is 15.1 Å². The van der Waals surface area contributed by atoms with Gasteiger partial charge in [-0.1, -0.05) is 17.7 Å². The van der Waals surface area contributed by atoms with Gasteiger partial charge in [0.1, 0.15) is 0 Å². The maximum Gasteiger partial charge on any atom is 0.253 e. The predicted octanol–water partition coefficient (Wildman–Crippen LogP) is 1.03. The van der Waals surface area contributed by atoms with Crippen molar-refractivity contribution in [1.82, 2.24) is 15.1 Å². The summed E-state index contributed by atoms with van der Waals surface area (Å²) in [6.45, 7) is 5.44. The molecule has 1 aromatic carbocycles. The summed E-state index contributed by atoms with van der Waals surface area (Å²) in [7, 11) is 0. The Morgan fingerprint density at radius 3 is 2.27 bits per heavy atom. The van der Waals surface area contributed by atoms with Crippen LogP contribution in [0.5, 0.6) is 0 Å². The third-order valence-electron chi connectivity index (χ3n) is 4.54. The van der Waals surface area contributed by atoms with Gasteiger partial charge in [-0.25, -0.2) is 0 Å². The van der Waals surface area contributed by atoms with E-state index in [0.717, 1.165) is 30.5 Å². The van der Waals surface area contributed by atoms with Crippen molar-refractivity contribution in [1.29, 1.82) is 0 Å². The number of piperazine rings is 1. The molecular formula is C17H23N3O2. The molecule has 0 spiro atoms. The maximum atomic E-state index is 12.5. The molecule has 118 valence electrons. The van der Waals surface area contributed by atoms with Crippen LogP contribution in [0.1, 0.15) is 28.8 Å². The molecule has 0 aliphatic carbocycles. The van der Waals surface area contributed by atoms with Crippen molar-refractivity contribution >= 4 is 11.8 Å². The molecule has 2 saturated heterocycles. The number of carbonyl (C=O) groups is 2. The van der Waals surface area contributed by atoms with Gasteiger partial charge in [0.15, 0.2) is 0 Å². The van der Waals surface area contributed by atoms with E-state index < -0.39 is 0 Å². The quantitative estimate of drug-likeness (QED) is 0.888. The number of amides is 2. The number of aryl methyl sites for hydroxylation is 1. The van der Waals surface area contributed by atoms with Crippen LogP contribution in [-0.2, 0) is 4.79 Å². The van der Waals surface area contributed by atoms with Crippen LogP contribution in [0.2, 0.25) is 0 Å². The third kappa shape index (κ3) is 3.14. The highest BCUT2D eigenvalue weighted by atomic mass is 16.2. The number of carbonyl (C=O) groups excluding carboxylic acids is 2. The van der Waals surface area contributed by atoms with Crippen molar-refractivity contribution in [2.24, 2.45) is 0 Å². The van der Waals surface area contributed by atoms with Crippen molar-refractivity contribution in [3.63, 3.8) is 0 Å².